The molecule has 0 radical (unpaired) electrons. The Balaban J connectivity index is 2.04. The van der Waals surface area contributed by atoms with Gasteiger partial charge in [0.25, 0.3) is 5.91 Å². The molecule has 1 aromatic carbocycles. The summed E-state index contributed by atoms with van der Waals surface area (Å²) in [6.07, 6.45) is -0.0229. The molecule has 0 saturated carbocycles. The van der Waals surface area contributed by atoms with Crippen molar-refractivity contribution in [2.75, 3.05) is 13.2 Å². The molecule has 19 heavy (non-hydrogen) atoms. The third-order valence-corrected chi connectivity index (χ3v) is 3.41. The molecule has 0 bridgehead atoms. The van der Waals surface area contributed by atoms with Crippen molar-refractivity contribution in [3.63, 3.8) is 0 Å². The number of nitrogens with one attached hydrogen (secondary N) is 1. The second-order valence-electron chi connectivity index (χ2n) is 4.65. The van der Waals surface area contributed by atoms with Crippen molar-refractivity contribution in [3.05, 3.63) is 35.4 Å². The van der Waals surface area contributed by atoms with Crippen molar-refractivity contribution in [1.82, 2.24) is 5.32 Å². The maximum Gasteiger partial charge on any atom is 0.254 e. The van der Waals surface area contributed by atoms with Crippen molar-refractivity contribution in [1.29, 1.82) is 0 Å². The first-order chi connectivity index (χ1) is 8.94. The summed E-state index contributed by atoms with van der Waals surface area (Å²) < 4.78 is 31.6. The molecule has 0 aliphatic carbocycles. The van der Waals surface area contributed by atoms with Crippen LogP contribution in [-0.2, 0) is 4.74 Å². The van der Waals surface area contributed by atoms with Crippen LogP contribution in [0.2, 0.25) is 0 Å². The van der Waals surface area contributed by atoms with E-state index in [-0.39, 0.29) is 12.1 Å². The number of ether oxygens (including phenoxy) is 1. The van der Waals surface area contributed by atoms with E-state index in [9.17, 15) is 18.7 Å². The number of rotatable bonds is 3. The van der Waals surface area contributed by atoms with Crippen molar-refractivity contribution in [2.45, 2.75) is 25.0 Å². The topological polar surface area (TPSA) is 58.6 Å². The van der Waals surface area contributed by atoms with E-state index < -0.39 is 29.2 Å². The van der Waals surface area contributed by atoms with Crippen molar-refractivity contribution in [3.8, 4) is 0 Å². The van der Waals surface area contributed by atoms with Gasteiger partial charge in [-0.15, -0.1) is 0 Å². The second-order valence-corrected chi connectivity index (χ2v) is 4.65. The highest BCUT2D eigenvalue weighted by molar-refractivity contribution is 5.94. The highest BCUT2D eigenvalue weighted by Crippen LogP contribution is 2.24. The molecule has 1 aromatic rings. The first kappa shape index (κ1) is 13.9. The molecule has 1 fully saturated rings. The lowest BCUT2D eigenvalue weighted by atomic mass is 9.96. The van der Waals surface area contributed by atoms with Crippen molar-refractivity contribution >= 4 is 5.91 Å². The van der Waals surface area contributed by atoms with E-state index in [0.717, 1.165) is 6.07 Å². The number of aliphatic hydroxyl groups is 1. The molecule has 0 spiro atoms. The average Bonchev–Trinajstić information content (AvgIpc) is 2.71. The average molecular weight is 271 g/mol. The summed E-state index contributed by atoms with van der Waals surface area (Å²) in [5.74, 6) is -3.03. The molecular formula is C13H15F2NO3. The number of benzene rings is 1. The van der Waals surface area contributed by atoms with Crippen molar-refractivity contribution < 1.29 is 23.4 Å². The predicted molar refractivity (Wildman–Crippen MR) is 63.7 cm³/mol. The molecule has 1 heterocycles. The fraction of sp³-hybridized carbons (Fsp3) is 0.462. The van der Waals surface area contributed by atoms with E-state index in [2.05, 4.69) is 5.32 Å². The van der Waals surface area contributed by atoms with Gasteiger partial charge in [0.1, 0.15) is 5.60 Å². The van der Waals surface area contributed by atoms with Crippen molar-refractivity contribution in [2.24, 2.45) is 0 Å². The number of carbonyl (C=O) groups excluding carboxylic acids is 1. The number of halogens is 2. The summed E-state index contributed by atoms with van der Waals surface area (Å²) in [7, 11) is 0. The van der Waals surface area contributed by atoms with E-state index in [1.54, 1.807) is 6.92 Å². The molecular weight excluding hydrogens is 256 g/mol. The minimum absolute atomic E-state index is 0.0665. The zero-order valence-corrected chi connectivity index (χ0v) is 10.5. The largest absolute Gasteiger partial charge is 0.385 e. The summed E-state index contributed by atoms with van der Waals surface area (Å²) in [5, 5.41) is 12.6. The van der Waals surface area contributed by atoms with Gasteiger partial charge in [-0.1, -0.05) is 6.07 Å². The minimum atomic E-state index is -1.19. The molecule has 0 aromatic heterocycles. The zero-order valence-electron chi connectivity index (χ0n) is 10.5. The highest BCUT2D eigenvalue weighted by atomic mass is 19.2. The summed E-state index contributed by atoms with van der Waals surface area (Å²) >= 11 is 0. The monoisotopic (exact) mass is 271 g/mol. The van der Waals surface area contributed by atoms with E-state index >= 15 is 0 Å². The van der Waals surface area contributed by atoms with Gasteiger partial charge < -0.3 is 15.2 Å². The maximum absolute atomic E-state index is 13.4. The summed E-state index contributed by atoms with van der Waals surface area (Å²) in [6, 6.07) is 3.38. The van der Waals surface area contributed by atoms with Gasteiger partial charge in [-0.3, -0.25) is 4.79 Å². The van der Waals surface area contributed by atoms with E-state index in [1.165, 1.54) is 12.1 Å². The Morgan fingerprint density at radius 3 is 2.95 bits per heavy atom. The molecule has 2 N–H and O–H groups in total. The summed E-state index contributed by atoms with van der Waals surface area (Å²) in [6.45, 7) is 2.03. The zero-order chi connectivity index (χ0) is 14.0. The summed E-state index contributed by atoms with van der Waals surface area (Å²) in [4.78, 5) is 11.8. The predicted octanol–water partition coefficient (Wildman–Crippen LogP) is 1.23. The number of amides is 1. The molecule has 1 aliphatic rings. The molecule has 2 unspecified atom stereocenters. The molecule has 1 amide bonds. The maximum atomic E-state index is 13.4. The van der Waals surface area contributed by atoms with Gasteiger partial charge in [0.05, 0.1) is 11.7 Å². The normalized spacial score (nSPS) is 26.4. The van der Waals surface area contributed by atoms with Gasteiger partial charge in [0.2, 0.25) is 0 Å². The third-order valence-electron chi connectivity index (χ3n) is 3.41. The standard InChI is InChI=1S/C13H15F2NO3/c1-8-13(18,5-6-19-8)7-16-12(17)9-3-2-4-10(14)11(9)15/h2-4,8,18H,5-7H2,1H3,(H,16,17). The van der Waals surface area contributed by atoms with Crippen LogP contribution in [0, 0.1) is 11.6 Å². The Labute approximate surface area is 109 Å². The van der Waals surface area contributed by atoms with Crippen LogP contribution >= 0.6 is 0 Å². The van der Waals surface area contributed by atoms with Gasteiger partial charge >= 0.3 is 0 Å². The fourth-order valence-electron chi connectivity index (χ4n) is 2.01. The van der Waals surface area contributed by atoms with Crippen LogP contribution in [0.4, 0.5) is 8.78 Å². The van der Waals surface area contributed by atoms with Gasteiger partial charge in [-0.05, 0) is 19.1 Å². The number of carbonyl (C=O) groups is 1. The molecule has 1 saturated heterocycles. The molecule has 2 atom stereocenters. The van der Waals surface area contributed by atoms with Crippen LogP contribution < -0.4 is 5.32 Å². The van der Waals surface area contributed by atoms with Crippen LogP contribution in [0.1, 0.15) is 23.7 Å². The molecule has 4 nitrogen and oxygen atoms in total. The molecule has 2 rings (SSSR count). The molecule has 104 valence electrons. The third kappa shape index (κ3) is 2.74. The van der Waals surface area contributed by atoms with Crippen LogP contribution in [0.25, 0.3) is 0 Å². The van der Waals surface area contributed by atoms with Gasteiger partial charge in [0, 0.05) is 19.6 Å². The SMILES string of the molecule is CC1OCCC1(O)CNC(=O)c1cccc(F)c1F. The Morgan fingerprint density at radius 1 is 1.58 bits per heavy atom. The second kappa shape index (κ2) is 5.22. The first-order valence-electron chi connectivity index (χ1n) is 6.00. The number of hydrogen-bond acceptors (Lipinski definition) is 3. The van der Waals surface area contributed by atoms with Crippen LogP contribution in [0.5, 0.6) is 0 Å². The molecule has 1 aliphatic heterocycles. The Bertz CT molecular complexity index is 495. The minimum Gasteiger partial charge on any atom is -0.385 e. The fourth-order valence-corrected chi connectivity index (χ4v) is 2.01. The van der Waals surface area contributed by atoms with E-state index in [0.29, 0.717) is 13.0 Å². The van der Waals surface area contributed by atoms with Crippen LogP contribution in [-0.4, -0.2) is 35.9 Å². The van der Waals surface area contributed by atoms with Crippen LogP contribution in [0.3, 0.4) is 0 Å². The van der Waals surface area contributed by atoms with Gasteiger partial charge in [0.15, 0.2) is 11.6 Å². The van der Waals surface area contributed by atoms with E-state index in [4.69, 9.17) is 4.74 Å². The number of hydrogen-bond donors (Lipinski definition) is 2. The van der Waals surface area contributed by atoms with Gasteiger partial charge in [-0.25, -0.2) is 8.78 Å². The Hall–Kier alpha value is -1.53. The highest BCUT2D eigenvalue weighted by Gasteiger charge is 2.39. The van der Waals surface area contributed by atoms with Gasteiger partial charge in [-0.2, -0.15) is 0 Å². The smallest absolute Gasteiger partial charge is 0.254 e. The first-order valence-corrected chi connectivity index (χ1v) is 6.00. The quantitative estimate of drug-likeness (QED) is 0.869. The Kier molecular flexibility index (Phi) is 3.82. The summed E-state index contributed by atoms with van der Waals surface area (Å²) in [5.41, 5.74) is -1.55. The van der Waals surface area contributed by atoms with E-state index in [1.807, 2.05) is 0 Å². The van der Waals surface area contributed by atoms with Crippen LogP contribution in [0.15, 0.2) is 18.2 Å². The lowest BCUT2D eigenvalue weighted by Gasteiger charge is -2.26. The Morgan fingerprint density at radius 2 is 2.32 bits per heavy atom. The lowest BCUT2D eigenvalue weighted by Crippen LogP contribution is -2.47. The molecule has 6 heteroatoms. The lowest BCUT2D eigenvalue weighted by molar-refractivity contribution is -0.0252.